The Labute approximate surface area is 188 Å². The molecule has 1 N–H and O–H groups in total. The number of rotatable bonds is 6. The minimum Gasteiger partial charge on any atom is -0.468 e. The highest BCUT2D eigenvalue weighted by Crippen LogP contribution is 2.30. The Morgan fingerprint density at radius 1 is 1.00 bits per heavy atom. The van der Waals surface area contributed by atoms with Gasteiger partial charge in [0.25, 0.3) is 5.91 Å². The Bertz CT molecular complexity index is 1060. The van der Waals surface area contributed by atoms with Crippen LogP contribution in [-0.4, -0.2) is 43.5 Å². The number of piperazine rings is 1. The van der Waals surface area contributed by atoms with Crippen molar-refractivity contribution in [3.63, 3.8) is 0 Å². The highest BCUT2D eigenvalue weighted by molar-refractivity contribution is 5.94. The fourth-order valence-electron chi connectivity index (χ4n) is 3.96. The molecule has 0 bridgehead atoms. The maximum absolute atomic E-state index is 13.2. The highest BCUT2D eigenvalue weighted by atomic mass is 19.4. The van der Waals surface area contributed by atoms with E-state index >= 15 is 0 Å². The third kappa shape index (κ3) is 5.54. The van der Waals surface area contributed by atoms with Crippen LogP contribution in [0.4, 0.5) is 23.2 Å². The second-order valence-electron chi connectivity index (χ2n) is 7.82. The predicted molar refractivity (Wildman–Crippen MR) is 115 cm³/mol. The van der Waals surface area contributed by atoms with Crippen molar-refractivity contribution in [2.24, 2.45) is 0 Å². The fourth-order valence-corrected chi connectivity index (χ4v) is 3.96. The summed E-state index contributed by atoms with van der Waals surface area (Å²) in [6.07, 6.45) is -2.97. The number of hydrogen-bond donors (Lipinski definition) is 1. The third-order valence-electron chi connectivity index (χ3n) is 5.73. The number of hydrogen-bond acceptors (Lipinski definition) is 4. The Morgan fingerprint density at radius 3 is 2.36 bits per heavy atom. The third-order valence-corrected chi connectivity index (χ3v) is 5.73. The molecule has 1 amide bonds. The summed E-state index contributed by atoms with van der Waals surface area (Å²) in [4.78, 5) is 16.9. The lowest BCUT2D eigenvalue weighted by molar-refractivity contribution is -0.137. The highest BCUT2D eigenvalue weighted by Gasteiger charge is 2.31. The van der Waals surface area contributed by atoms with Gasteiger partial charge in [0, 0.05) is 44.0 Å². The van der Waals surface area contributed by atoms with Gasteiger partial charge in [-0.15, -0.1) is 0 Å². The summed E-state index contributed by atoms with van der Waals surface area (Å²) in [6, 6.07) is 14.0. The van der Waals surface area contributed by atoms with Gasteiger partial charge >= 0.3 is 6.18 Å². The number of halogens is 4. The largest absolute Gasteiger partial charge is 0.468 e. The van der Waals surface area contributed by atoms with E-state index in [0.717, 1.165) is 17.8 Å². The Balaban J connectivity index is 1.42. The minimum atomic E-state index is -4.52. The van der Waals surface area contributed by atoms with Crippen LogP contribution in [0, 0.1) is 5.82 Å². The zero-order chi connectivity index (χ0) is 23.4. The zero-order valence-corrected chi connectivity index (χ0v) is 17.7. The maximum atomic E-state index is 13.2. The second-order valence-corrected chi connectivity index (χ2v) is 7.82. The van der Waals surface area contributed by atoms with E-state index in [2.05, 4.69) is 15.1 Å². The van der Waals surface area contributed by atoms with E-state index in [1.807, 2.05) is 6.07 Å². The van der Waals surface area contributed by atoms with E-state index < -0.39 is 17.6 Å². The van der Waals surface area contributed by atoms with E-state index in [-0.39, 0.29) is 24.0 Å². The van der Waals surface area contributed by atoms with Crippen molar-refractivity contribution in [3.05, 3.63) is 89.6 Å². The molecule has 1 saturated heterocycles. The van der Waals surface area contributed by atoms with Crippen LogP contribution >= 0.6 is 0 Å². The summed E-state index contributed by atoms with van der Waals surface area (Å²) >= 11 is 0. The molecule has 1 aliphatic heterocycles. The molecule has 2 aromatic carbocycles. The average Bonchev–Trinajstić information content (AvgIpc) is 3.34. The van der Waals surface area contributed by atoms with Crippen LogP contribution in [0.2, 0.25) is 0 Å². The fraction of sp³-hybridized carbons (Fsp3) is 0.292. The molecule has 33 heavy (non-hydrogen) atoms. The number of amides is 1. The van der Waals surface area contributed by atoms with Crippen LogP contribution in [0.15, 0.2) is 71.3 Å². The molecule has 2 heterocycles. The van der Waals surface area contributed by atoms with Crippen LogP contribution in [0.25, 0.3) is 0 Å². The Morgan fingerprint density at radius 2 is 1.73 bits per heavy atom. The average molecular weight is 461 g/mol. The number of anilines is 1. The van der Waals surface area contributed by atoms with E-state index in [0.29, 0.717) is 31.9 Å². The molecule has 174 valence electrons. The van der Waals surface area contributed by atoms with Gasteiger partial charge < -0.3 is 14.6 Å². The van der Waals surface area contributed by atoms with Crippen molar-refractivity contribution in [1.82, 2.24) is 10.2 Å². The lowest BCUT2D eigenvalue weighted by atomic mass is 10.1. The van der Waals surface area contributed by atoms with Gasteiger partial charge in [0.05, 0.1) is 17.9 Å². The Hall–Kier alpha value is -3.33. The first-order valence-electron chi connectivity index (χ1n) is 10.5. The SMILES string of the molecule is O=C(NCC(c1ccco1)N1CCN(c2ccc(F)cc2)CC1)c1cccc(C(F)(F)F)c1. The number of benzene rings is 2. The van der Waals surface area contributed by atoms with Gasteiger partial charge in [-0.1, -0.05) is 6.07 Å². The first-order chi connectivity index (χ1) is 15.8. The Kier molecular flexibility index (Phi) is 6.69. The van der Waals surface area contributed by atoms with Gasteiger partial charge in [0.15, 0.2) is 0 Å². The van der Waals surface area contributed by atoms with Crippen molar-refractivity contribution in [2.75, 3.05) is 37.6 Å². The molecule has 1 unspecified atom stereocenters. The van der Waals surface area contributed by atoms with Gasteiger partial charge in [0.1, 0.15) is 11.6 Å². The monoisotopic (exact) mass is 461 g/mol. The summed E-state index contributed by atoms with van der Waals surface area (Å²) in [5.74, 6) is -0.205. The lowest BCUT2D eigenvalue weighted by Gasteiger charge is -2.39. The normalized spacial score (nSPS) is 15.9. The molecule has 0 radical (unpaired) electrons. The number of carbonyl (C=O) groups excluding carboxylic acids is 1. The number of nitrogens with zero attached hydrogens (tertiary/aromatic N) is 2. The molecule has 0 aliphatic carbocycles. The van der Waals surface area contributed by atoms with Crippen molar-refractivity contribution in [2.45, 2.75) is 12.2 Å². The molecule has 4 rings (SSSR count). The van der Waals surface area contributed by atoms with Crippen molar-refractivity contribution >= 4 is 11.6 Å². The summed E-state index contributed by atoms with van der Waals surface area (Å²) < 4.78 is 57.7. The summed E-state index contributed by atoms with van der Waals surface area (Å²) in [7, 11) is 0. The number of furan rings is 1. The zero-order valence-electron chi connectivity index (χ0n) is 17.7. The predicted octanol–water partition coefficient (Wildman–Crippen LogP) is 4.73. The van der Waals surface area contributed by atoms with Gasteiger partial charge in [-0.2, -0.15) is 13.2 Å². The summed E-state index contributed by atoms with van der Waals surface area (Å²) in [5, 5.41) is 2.75. The topological polar surface area (TPSA) is 48.7 Å². The molecule has 1 atom stereocenters. The van der Waals surface area contributed by atoms with Gasteiger partial charge in [0.2, 0.25) is 0 Å². The standard InChI is InChI=1S/C24H23F4N3O2/c25-19-6-8-20(9-7-19)30-10-12-31(13-11-30)21(22-5-2-14-33-22)16-29-23(32)17-3-1-4-18(15-17)24(26,27)28/h1-9,14-15,21H,10-13,16H2,(H,29,32). The summed E-state index contributed by atoms with van der Waals surface area (Å²) in [6.45, 7) is 2.91. The molecule has 5 nitrogen and oxygen atoms in total. The van der Waals surface area contributed by atoms with E-state index in [1.54, 1.807) is 24.5 Å². The number of nitrogens with one attached hydrogen (secondary N) is 1. The molecular formula is C24H23F4N3O2. The van der Waals surface area contributed by atoms with Gasteiger partial charge in [-0.05, 0) is 54.6 Å². The molecule has 1 aromatic heterocycles. The van der Waals surface area contributed by atoms with Crippen molar-refractivity contribution < 1.29 is 26.8 Å². The second kappa shape index (κ2) is 9.66. The molecule has 0 saturated carbocycles. The first-order valence-corrected chi connectivity index (χ1v) is 10.5. The van der Waals surface area contributed by atoms with Gasteiger partial charge in [-0.25, -0.2) is 4.39 Å². The molecule has 0 spiro atoms. The first kappa shape index (κ1) is 22.8. The molecule has 1 fully saturated rings. The van der Waals surface area contributed by atoms with E-state index in [4.69, 9.17) is 4.42 Å². The molecular weight excluding hydrogens is 438 g/mol. The van der Waals surface area contributed by atoms with Crippen LogP contribution in [0.3, 0.4) is 0 Å². The van der Waals surface area contributed by atoms with Crippen LogP contribution < -0.4 is 10.2 Å². The van der Waals surface area contributed by atoms with Crippen LogP contribution in [0.5, 0.6) is 0 Å². The van der Waals surface area contributed by atoms with Crippen LogP contribution in [0.1, 0.15) is 27.7 Å². The van der Waals surface area contributed by atoms with Crippen molar-refractivity contribution in [1.29, 1.82) is 0 Å². The number of alkyl halides is 3. The van der Waals surface area contributed by atoms with Crippen LogP contribution in [-0.2, 0) is 6.18 Å². The number of carbonyl (C=O) groups is 1. The molecule has 3 aromatic rings. The smallest absolute Gasteiger partial charge is 0.416 e. The van der Waals surface area contributed by atoms with Gasteiger partial charge in [-0.3, -0.25) is 9.69 Å². The summed E-state index contributed by atoms with van der Waals surface area (Å²) in [5.41, 5.74) is 0.0160. The van der Waals surface area contributed by atoms with E-state index in [9.17, 15) is 22.4 Å². The quantitative estimate of drug-likeness (QED) is 0.540. The van der Waals surface area contributed by atoms with E-state index in [1.165, 1.54) is 24.3 Å². The molecule has 9 heteroatoms. The molecule has 1 aliphatic rings. The lowest BCUT2D eigenvalue weighted by Crippen LogP contribution is -2.49. The van der Waals surface area contributed by atoms with Crippen molar-refractivity contribution in [3.8, 4) is 0 Å². The minimum absolute atomic E-state index is 0.0517. The maximum Gasteiger partial charge on any atom is 0.416 e.